The molecule has 138 valence electrons. The number of rotatable bonds is 8. The van der Waals surface area contributed by atoms with E-state index in [0.29, 0.717) is 23.5 Å². The minimum atomic E-state index is -1.22. The number of hydrogen-bond acceptors (Lipinski definition) is 4. The summed E-state index contributed by atoms with van der Waals surface area (Å²) in [4.78, 5) is 23.7. The van der Waals surface area contributed by atoms with Crippen LogP contribution >= 0.6 is 0 Å². The summed E-state index contributed by atoms with van der Waals surface area (Å²) in [5.74, 6) is -0.823. The number of aryl methyl sites for hydroxylation is 2. The van der Waals surface area contributed by atoms with Gasteiger partial charge >= 0.3 is 0 Å². The van der Waals surface area contributed by atoms with Crippen molar-refractivity contribution in [2.75, 3.05) is 6.61 Å². The zero-order valence-corrected chi connectivity index (χ0v) is 15.4. The molecule has 0 heterocycles. The molecule has 0 bridgehead atoms. The average molecular weight is 354 g/mol. The number of carboxylic acids is 1. The van der Waals surface area contributed by atoms with Gasteiger partial charge in [-0.15, -0.1) is 0 Å². The molecule has 0 spiro atoms. The van der Waals surface area contributed by atoms with E-state index in [1.54, 1.807) is 36.4 Å². The highest BCUT2D eigenvalue weighted by Gasteiger charge is 2.17. The van der Waals surface area contributed by atoms with Crippen LogP contribution in [0.1, 0.15) is 52.9 Å². The van der Waals surface area contributed by atoms with Gasteiger partial charge in [0.25, 0.3) is 5.91 Å². The molecule has 1 atom stereocenters. The van der Waals surface area contributed by atoms with E-state index in [0.717, 1.165) is 17.5 Å². The van der Waals surface area contributed by atoms with Gasteiger partial charge in [-0.25, -0.2) is 0 Å². The first-order valence-corrected chi connectivity index (χ1v) is 8.71. The van der Waals surface area contributed by atoms with Gasteiger partial charge in [-0.2, -0.15) is 0 Å². The topological polar surface area (TPSA) is 78.5 Å². The highest BCUT2D eigenvalue weighted by Crippen LogP contribution is 2.21. The van der Waals surface area contributed by atoms with Crippen LogP contribution in [0.2, 0.25) is 0 Å². The summed E-state index contributed by atoms with van der Waals surface area (Å²) in [5, 5.41) is 13.9. The van der Waals surface area contributed by atoms with Gasteiger partial charge in [0, 0.05) is 18.0 Å². The van der Waals surface area contributed by atoms with E-state index in [1.807, 2.05) is 26.8 Å². The molecule has 0 fully saturated rings. The molecule has 0 aromatic heterocycles. The Kier molecular flexibility index (Phi) is 6.78. The third-order valence-electron chi connectivity index (χ3n) is 4.20. The van der Waals surface area contributed by atoms with E-state index >= 15 is 0 Å². The number of carbonyl (C=O) groups excluding carboxylic acids is 2. The third kappa shape index (κ3) is 5.34. The molecular formula is C21H24NO4-. The second-order valence-electron chi connectivity index (χ2n) is 6.32. The molecule has 2 aromatic carbocycles. The summed E-state index contributed by atoms with van der Waals surface area (Å²) in [6, 6.07) is 11.8. The number of ether oxygens (including phenoxy) is 1. The number of carbonyl (C=O) groups is 2. The molecular weight excluding hydrogens is 330 g/mol. The zero-order chi connectivity index (χ0) is 19.1. The fraction of sp³-hybridized carbons (Fsp3) is 0.333. The van der Waals surface area contributed by atoms with Crippen molar-refractivity contribution < 1.29 is 19.4 Å². The lowest BCUT2D eigenvalue weighted by Gasteiger charge is -2.20. The first-order valence-electron chi connectivity index (χ1n) is 8.71. The van der Waals surface area contributed by atoms with Crippen LogP contribution in [0.4, 0.5) is 0 Å². The molecule has 26 heavy (non-hydrogen) atoms. The Balaban J connectivity index is 2.17. The van der Waals surface area contributed by atoms with Gasteiger partial charge in [0.1, 0.15) is 5.75 Å². The average Bonchev–Trinajstić information content (AvgIpc) is 2.61. The molecule has 5 heteroatoms. The molecule has 0 aliphatic heterocycles. The van der Waals surface area contributed by atoms with Gasteiger partial charge in [-0.3, -0.25) is 4.79 Å². The molecule has 5 nitrogen and oxygen atoms in total. The Bertz CT molecular complexity index is 768. The predicted molar refractivity (Wildman–Crippen MR) is 98.0 cm³/mol. The van der Waals surface area contributed by atoms with E-state index in [4.69, 9.17) is 4.74 Å². The zero-order valence-electron chi connectivity index (χ0n) is 15.4. The van der Waals surface area contributed by atoms with Crippen molar-refractivity contribution in [1.29, 1.82) is 0 Å². The molecule has 2 aromatic rings. The summed E-state index contributed by atoms with van der Waals surface area (Å²) in [5.41, 5.74) is 3.29. The number of nitrogens with one attached hydrogen (secondary N) is 1. The summed E-state index contributed by atoms with van der Waals surface area (Å²) in [6.07, 6.45) is 0.604. The Morgan fingerprint density at radius 2 is 1.77 bits per heavy atom. The van der Waals surface area contributed by atoms with Crippen LogP contribution in [0.15, 0.2) is 42.5 Å². The van der Waals surface area contributed by atoms with Crippen molar-refractivity contribution in [3.8, 4) is 5.75 Å². The minimum Gasteiger partial charge on any atom is -0.550 e. The van der Waals surface area contributed by atoms with Gasteiger partial charge in [-0.05, 0) is 61.2 Å². The largest absolute Gasteiger partial charge is 0.550 e. The normalized spacial score (nSPS) is 11.7. The SMILES string of the molecule is CCCOc1ccc(C(CC(=O)[O-])NC(=O)c2ccc(C)c(C)c2)cc1. The standard InChI is InChI=1S/C21H25NO4/c1-4-11-26-18-9-7-16(8-10-18)19(13-20(23)24)22-21(25)17-6-5-14(2)15(3)12-17/h5-10,12,19H,4,11,13H2,1-3H3,(H,22,25)(H,23,24)/p-1. The van der Waals surface area contributed by atoms with Crippen LogP contribution in [0.3, 0.4) is 0 Å². The lowest BCUT2D eigenvalue weighted by atomic mass is 10.0. The third-order valence-corrected chi connectivity index (χ3v) is 4.20. The van der Waals surface area contributed by atoms with E-state index in [1.165, 1.54) is 0 Å². The molecule has 0 saturated carbocycles. The summed E-state index contributed by atoms with van der Waals surface area (Å²) < 4.78 is 5.53. The van der Waals surface area contributed by atoms with Gasteiger partial charge in [0.15, 0.2) is 0 Å². The van der Waals surface area contributed by atoms with Crippen LogP contribution < -0.4 is 15.2 Å². The van der Waals surface area contributed by atoms with E-state index in [9.17, 15) is 14.7 Å². The molecule has 2 rings (SSSR count). The van der Waals surface area contributed by atoms with Gasteiger partial charge in [0.05, 0.1) is 12.6 Å². The van der Waals surface area contributed by atoms with Crippen LogP contribution in [-0.4, -0.2) is 18.5 Å². The van der Waals surface area contributed by atoms with Crippen molar-refractivity contribution in [2.45, 2.75) is 39.7 Å². The van der Waals surface area contributed by atoms with Crippen LogP contribution in [-0.2, 0) is 4.79 Å². The highest BCUT2D eigenvalue weighted by molar-refractivity contribution is 5.95. The molecule has 0 saturated heterocycles. The van der Waals surface area contributed by atoms with Crippen molar-refractivity contribution in [3.63, 3.8) is 0 Å². The second kappa shape index (κ2) is 9.04. The first-order chi connectivity index (χ1) is 12.4. The van der Waals surface area contributed by atoms with Crippen molar-refractivity contribution in [3.05, 3.63) is 64.7 Å². The summed E-state index contributed by atoms with van der Waals surface area (Å²) in [7, 11) is 0. The molecule has 0 aliphatic rings. The van der Waals surface area contributed by atoms with Gasteiger partial charge in [-0.1, -0.05) is 25.1 Å². The minimum absolute atomic E-state index is 0.300. The second-order valence-corrected chi connectivity index (χ2v) is 6.32. The van der Waals surface area contributed by atoms with Crippen molar-refractivity contribution >= 4 is 11.9 Å². The smallest absolute Gasteiger partial charge is 0.251 e. The van der Waals surface area contributed by atoms with Crippen molar-refractivity contribution in [2.24, 2.45) is 0 Å². The van der Waals surface area contributed by atoms with Crippen LogP contribution in [0.5, 0.6) is 5.75 Å². The number of carboxylic acid groups (broad SMARTS) is 1. The van der Waals surface area contributed by atoms with Crippen LogP contribution in [0, 0.1) is 13.8 Å². The fourth-order valence-electron chi connectivity index (χ4n) is 2.56. The Morgan fingerprint density at radius 3 is 2.35 bits per heavy atom. The highest BCUT2D eigenvalue weighted by atomic mass is 16.5. The summed E-state index contributed by atoms with van der Waals surface area (Å²) >= 11 is 0. The number of benzene rings is 2. The number of amides is 1. The maximum Gasteiger partial charge on any atom is 0.251 e. The fourth-order valence-corrected chi connectivity index (χ4v) is 2.56. The van der Waals surface area contributed by atoms with Gasteiger partial charge < -0.3 is 20.0 Å². The predicted octanol–water partition coefficient (Wildman–Crippen LogP) is 2.70. The van der Waals surface area contributed by atoms with E-state index in [2.05, 4.69) is 5.32 Å². The summed E-state index contributed by atoms with van der Waals surface area (Å²) in [6.45, 7) is 6.54. The van der Waals surface area contributed by atoms with Crippen LogP contribution in [0.25, 0.3) is 0 Å². The molecule has 0 radical (unpaired) electrons. The quantitative estimate of drug-likeness (QED) is 0.790. The first kappa shape index (κ1) is 19.5. The monoisotopic (exact) mass is 354 g/mol. The maximum atomic E-state index is 12.5. The number of aliphatic carboxylic acids is 1. The Labute approximate surface area is 154 Å². The Hall–Kier alpha value is -2.82. The number of hydrogen-bond donors (Lipinski definition) is 1. The molecule has 0 aliphatic carbocycles. The lowest BCUT2D eigenvalue weighted by molar-refractivity contribution is -0.306. The maximum absolute atomic E-state index is 12.5. The van der Waals surface area contributed by atoms with Crippen molar-refractivity contribution in [1.82, 2.24) is 5.32 Å². The lowest BCUT2D eigenvalue weighted by Crippen LogP contribution is -2.34. The molecule has 1 unspecified atom stereocenters. The van der Waals surface area contributed by atoms with E-state index < -0.39 is 12.0 Å². The van der Waals surface area contributed by atoms with Gasteiger partial charge in [0.2, 0.25) is 0 Å². The molecule has 1 N–H and O–H groups in total. The Morgan fingerprint density at radius 1 is 1.08 bits per heavy atom. The van der Waals surface area contributed by atoms with E-state index in [-0.39, 0.29) is 12.3 Å². The molecule has 1 amide bonds.